The number of carbonyl (C=O) groups excluding carboxylic acids is 1. The maximum Gasteiger partial charge on any atom is 0.222 e. The van der Waals surface area contributed by atoms with Crippen LogP contribution in [0.2, 0.25) is 0 Å². The highest BCUT2D eigenvalue weighted by atomic mass is 16.7. The zero-order valence-corrected chi connectivity index (χ0v) is 12.1. The lowest BCUT2D eigenvalue weighted by molar-refractivity contribution is -0.187. The number of likely N-dealkylation sites (tertiary alicyclic amines) is 1. The van der Waals surface area contributed by atoms with Crippen molar-refractivity contribution in [2.75, 3.05) is 26.3 Å². The van der Waals surface area contributed by atoms with E-state index < -0.39 is 5.79 Å². The van der Waals surface area contributed by atoms with Crippen molar-refractivity contribution >= 4 is 5.91 Å². The maximum absolute atomic E-state index is 12.2. The molecule has 1 N–H and O–H groups in total. The van der Waals surface area contributed by atoms with Crippen molar-refractivity contribution in [2.45, 2.75) is 31.5 Å². The van der Waals surface area contributed by atoms with Gasteiger partial charge in [-0.15, -0.1) is 0 Å². The first-order valence-corrected chi connectivity index (χ1v) is 7.51. The Labute approximate surface area is 124 Å². The molecule has 0 bridgehead atoms. The van der Waals surface area contributed by atoms with E-state index in [-0.39, 0.29) is 11.7 Å². The van der Waals surface area contributed by atoms with E-state index in [9.17, 15) is 9.90 Å². The summed E-state index contributed by atoms with van der Waals surface area (Å²) in [4.78, 5) is 14.1. The fourth-order valence-electron chi connectivity index (χ4n) is 3.00. The number of benzene rings is 1. The van der Waals surface area contributed by atoms with Crippen LogP contribution in [0.1, 0.15) is 24.8 Å². The maximum atomic E-state index is 12.2. The average Bonchev–Trinajstić information content (AvgIpc) is 2.95. The molecule has 0 radical (unpaired) electrons. The van der Waals surface area contributed by atoms with Crippen LogP contribution in [0.25, 0.3) is 0 Å². The first-order chi connectivity index (χ1) is 10.2. The third kappa shape index (κ3) is 3.19. The first kappa shape index (κ1) is 14.4. The minimum absolute atomic E-state index is 0.131. The van der Waals surface area contributed by atoms with Crippen molar-refractivity contribution in [1.29, 1.82) is 0 Å². The summed E-state index contributed by atoms with van der Waals surface area (Å²) in [6, 6.07) is 7.17. The van der Waals surface area contributed by atoms with E-state index >= 15 is 0 Å². The summed E-state index contributed by atoms with van der Waals surface area (Å²) in [5.74, 6) is -0.0455. The summed E-state index contributed by atoms with van der Waals surface area (Å²) in [5, 5.41) is 9.72. The van der Waals surface area contributed by atoms with Crippen molar-refractivity contribution in [3.05, 3.63) is 29.8 Å². The lowest BCUT2D eigenvalue weighted by Gasteiger charge is -2.37. The van der Waals surface area contributed by atoms with Gasteiger partial charge in [0.2, 0.25) is 5.91 Å². The van der Waals surface area contributed by atoms with Gasteiger partial charge in [0.25, 0.3) is 0 Å². The first-order valence-electron chi connectivity index (χ1n) is 7.51. The molecular weight excluding hydrogens is 270 g/mol. The number of rotatable bonds is 3. The number of phenols is 1. The van der Waals surface area contributed by atoms with Gasteiger partial charge in [-0.05, 0) is 18.1 Å². The summed E-state index contributed by atoms with van der Waals surface area (Å²) in [7, 11) is 0. The number of ether oxygens (including phenoxy) is 2. The molecule has 2 saturated heterocycles. The van der Waals surface area contributed by atoms with Gasteiger partial charge in [-0.2, -0.15) is 0 Å². The molecular formula is C16H21NO4. The molecule has 2 fully saturated rings. The Morgan fingerprint density at radius 1 is 1.19 bits per heavy atom. The number of nitrogens with zero attached hydrogens (tertiary/aromatic N) is 1. The Hall–Kier alpha value is -1.59. The number of carbonyl (C=O) groups is 1. The molecule has 2 heterocycles. The molecule has 1 aromatic carbocycles. The second-order valence-electron chi connectivity index (χ2n) is 5.62. The normalized spacial score (nSPS) is 20.9. The summed E-state index contributed by atoms with van der Waals surface area (Å²) in [6.07, 6.45) is 2.48. The standard InChI is InChI=1S/C16H21NO4/c18-14-4-2-1-3-13(14)5-6-15(19)17-9-7-16(8-10-17)20-11-12-21-16/h1-4,18H,5-12H2. The molecule has 3 rings (SSSR count). The molecule has 0 atom stereocenters. The largest absolute Gasteiger partial charge is 0.508 e. The van der Waals surface area contributed by atoms with Gasteiger partial charge in [0, 0.05) is 32.4 Å². The number of piperidine rings is 1. The van der Waals surface area contributed by atoms with Crippen molar-refractivity contribution in [2.24, 2.45) is 0 Å². The van der Waals surface area contributed by atoms with Crippen molar-refractivity contribution in [1.82, 2.24) is 4.90 Å². The predicted octanol–water partition coefficient (Wildman–Crippen LogP) is 1.69. The molecule has 1 spiro atoms. The fourth-order valence-corrected chi connectivity index (χ4v) is 3.00. The van der Waals surface area contributed by atoms with Crippen LogP contribution in [-0.2, 0) is 20.7 Å². The molecule has 21 heavy (non-hydrogen) atoms. The van der Waals surface area contributed by atoms with E-state index in [1.807, 2.05) is 17.0 Å². The number of phenolic OH excluding ortho intramolecular Hbond substituents is 1. The van der Waals surface area contributed by atoms with Gasteiger partial charge in [0.1, 0.15) is 5.75 Å². The molecule has 5 heteroatoms. The molecule has 0 unspecified atom stereocenters. The highest BCUT2D eigenvalue weighted by molar-refractivity contribution is 5.76. The second kappa shape index (κ2) is 6.03. The predicted molar refractivity (Wildman–Crippen MR) is 76.9 cm³/mol. The molecule has 0 aromatic heterocycles. The number of hydrogen-bond acceptors (Lipinski definition) is 4. The summed E-state index contributed by atoms with van der Waals surface area (Å²) >= 11 is 0. The number of hydrogen-bond donors (Lipinski definition) is 1. The highest BCUT2D eigenvalue weighted by Gasteiger charge is 2.40. The van der Waals surface area contributed by atoms with Crippen LogP contribution in [0.15, 0.2) is 24.3 Å². The molecule has 1 amide bonds. The van der Waals surface area contributed by atoms with Gasteiger partial charge in [-0.25, -0.2) is 0 Å². The smallest absolute Gasteiger partial charge is 0.222 e. The van der Waals surface area contributed by atoms with Crippen LogP contribution in [0.4, 0.5) is 0 Å². The van der Waals surface area contributed by atoms with Gasteiger partial charge in [0.05, 0.1) is 13.2 Å². The summed E-state index contributed by atoms with van der Waals surface area (Å²) in [5.41, 5.74) is 0.821. The lowest BCUT2D eigenvalue weighted by atomic mass is 10.0. The minimum Gasteiger partial charge on any atom is -0.508 e. The van der Waals surface area contributed by atoms with Gasteiger partial charge >= 0.3 is 0 Å². The molecule has 5 nitrogen and oxygen atoms in total. The highest BCUT2D eigenvalue weighted by Crippen LogP contribution is 2.31. The topological polar surface area (TPSA) is 59.0 Å². The quantitative estimate of drug-likeness (QED) is 0.920. The monoisotopic (exact) mass is 291 g/mol. The third-order valence-corrected chi connectivity index (χ3v) is 4.29. The summed E-state index contributed by atoms with van der Waals surface area (Å²) < 4.78 is 11.3. The Morgan fingerprint density at radius 2 is 1.86 bits per heavy atom. The van der Waals surface area contributed by atoms with E-state index in [1.165, 1.54) is 0 Å². The number of aryl methyl sites for hydroxylation is 1. The van der Waals surface area contributed by atoms with Crippen molar-refractivity contribution in [3.8, 4) is 5.75 Å². The third-order valence-electron chi connectivity index (χ3n) is 4.29. The van der Waals surface area contributed by atoms with E-state index in [0.29, 0.717) is 39.1 Å². The fraction of sp³-hybridized carbons (Fsp3) is 0.562. The number of para-hydroxylation sites is 1. The minimum atomic E-state index is -0.436. The van der Waals surface area contributed by atoms with Crippen molar-refractivity contribution in [3.63, 3.8) is 0 Å². The number of amides is 1. The van der Waals surface area contributed by atoms with Crippen molar-refractivity contribution < 1.29 is 19.4 Å². The van der Waals surface area contributed by atoms with Gasteiger partial charge in [0.15, 0.2) is 5.79 Å². The zero-order valence-electron chi connectivity index (χ0n) is 12.1. The lowest BCUT2D eigenvalue weighted by Crippen LogP contribution is -2.47. The Kier molecular flexibility index (Phi) is 4.12. The zero-order chi connectivity index (χ0) is 14.7. The molecule has 114 valence electrons. The van der Waals surface area contributed by atoms with Gasteiger partial charge in [-0.3, -0.25) is 4.79 Å². The Bertz CT molecular complexity index is 501. The number of aromatic hydroxyl groups is 1. The second-order valence-corrected chi connectivity index (χ2v) is 5.62. The average molecular weight is 291 g/mol. The van der Waals surface area contributed by atoms with Gasteiger partial charge < -0.3 is 19.5 Å². The van der Waals surface area contributed by atoms with E-state index in [0.717, 1.165) is 18.4 Å². The van der Waals surface area contributed by atoms with E-state index in [2.05, 4.69) is 0 Å². The molecule has 0 saturated carbocycles. The Balaban J connectivity index is 1.49. The van der Waals surface area contributed by atoms with Crippen LogP contribution in [0.3, 0.4) is 0 Å². The van der Waals surface area contributed by atoms with Crippen LogP contribution in [0.5, 0.6) is 5.75 Å². The van der Waals surface area contributed by atoms with Crippen LogP contribution in [-0.4, -0.2) is 48.0 Å². The molecule has 0 aliphatic carbocycles. The van der Waals surface area contributed by atoms with E-state index in [1.54, 1.807) is 12.1 Å². The molecule has 2 aliphatic heterocycles. The SMILES string of the molecule is O=C(CCc1ccccc1O)N1CCC2(CC1)OCCO2. The molecule has 2 aliphatic rings. The van der Waals surface area contributed by atoms with Crippen LogP contribution < -0.4 is 0 Å². The van der Waals surface area contributed by atoms with Gasteiger partial charge in [-0.1, -0.05) is 18.2 Å². The molecule has 1 aromatic rings. The summed E-state index contributed by atoms with van der Waals surface area (Å²) in [6.45, 7) is 2.67. The van der Waals surface area contributed by atoms with Crippen LogP contribution >= 0.6 is 0 Å². The Morgan fingerprint density at radius 3 is 2.52 bits per heavy atom. The van der Waals surface area contributed by atoms with Crippen LogP contribution in [0, 0.1) is 0 Å². The van der Waals surface area contributed by atoms with E-state index in [4.69, 9.17) is 9.47 Å².